The Bertz CT molecular complexity index is 479. The van der Waals surface area contributed by atoms with Crippen molar-refractivity contribution in [2.75, 3.05) is 20.3 Å². The first-order valence-corrected chi connectivity index (χ1v) is 8.21. The van der Waals surface area contributed by atoms with Crippen LogP contribution in [0.3, 0.4) is 0 Å². The lowest BCUT2D eigenvalue weighted by Crippen LogP contribution is -2.62. The van der Waals surface area contributed by atoms with Crippen molar-refractivity contribution >= 4 is 12.2 Å². The Hall–Kier alpha value is -1.22. The summed E-state index contributed by atoms with van der Waals surface area (Å²) in [5, 5.41) is 60.9. The van der Waals surface area contributed by atoms with Crippen LogP contribution in [0.15, 0.2) is 0 Å². The van der Waals surface area contributed by atoms with Gasteiger partial charge < -0.3 is 55.0 Å². The van der Waals surface area contributed by atoms with Gasteiger partial charge >= 0.3 is 0 Å². The fraction of sp³-hybridized carbons (Fsp3) is 0.867. The van der Waals surface area contributed by atoms with Crippen molar-refractivity contribution in [1.82, 2.24) is 5.32 Å². The lowest BCUT2D eigenvalue weighted by molar-refractivity contribution is -0.328. The second-order valence-electron chi connectivity index (χ2n) is 6.11. The average Bonchev–Trinajstić information content (AvgIpc) is 2.65. The smallest absolute Gasteiger partial charge is 0.217 e. The highest BCUT2D eigenvalue weighted by atomic mass is 16.7. The molecule has 1 heterocycles. The molecule has 1 amide bonds. The van der Waals surface area contributed by atoms with Gasteiger partial charge in [0.2, 0.25) is 5.91 Å². The molecule has 0 aromatic carbocycles. The molecular formula is C15H27NO11. The molecule has 1 aliphatic rings. The standard InChI is InChI=1S/C15H27NO11/c1-6(20)16-7(3-17)10(22)13(8(21)4-18)27-15-14(25-2)12(24)11(23)9(5-19)26-15/h3,7-15,18-19,21-24H,4-5H2,1-2H3,(H,16,20)/t7-,8+,9+,10+,11-,12-,13+,14-,15-/m0/s1. The molecule has 27 heavy (non-hydrogen) atoms. The molecule has 12 nitrogen and oxygen atoms in total. The predicted molar refractivity (Wildman–Crippen MR) is 86.2 cm³/mol. The number of methoxy groups -OCH3 is 1. The summed E-state index contributed by atoms with van der Waals surface area (Å²) < 4.78 is 15.7. The van der Waals surface area contributed by atoms with Gasteiger partial charge in [-0.05, 0) is 0 Å². The first kappa shape index (κ1) is 23.8. The molecule has 0 aromatic rings. The number of aldehydes is 1. The minimum Gasteiger partial charge on any atom is -0.394 e. The van der Waals surface area contributed by atoms with Crippen LogP contribution in [0.5, 0.6) is 0 Å². The summed E-state index contributed by atoms with van der Waals surface area (Å²) in [5.41, 5.74) is 0. The molecule has 7 N–H and O–H groups in total. The summed E-state index contributed by atoms with van der Waals surface area (Å²) in [6.07, 6.45) is -12.0. The molecule has 9 atom stereocenters. The molecule has 158 valence electrons. The molecule has 1 rings (SSSR count). The summed E-state index contributed by atoms with van der Waals surface area (Å²) in [6, 6.07) is -1.47. The number of carbonyl (C=O) groups excluding carboxylic acids is 2. The highest BCUT2D eigenvalue weighted by Gasteiger charge is 2.47. The molecule has 1 aliphatic heterocycles. The Kier molecular flexibility index (Phi) is 9.66. The lowest BCUT2D eigenvalue weighted by atomic mass is 9.98. The zero-order valence-electron chi connectivity index (χ0n) is 14.9. The van der Waals surface area contributed by atoms with E-state index < -0.39 is 74.2 Å². The van der Waals surface area contributed by atoms with Gasteiger partial charge in [-0.1, -0.05) is 0 Å². The molecule has 0 unspecified atom stereocenters. The molecule has 0 aromatic heterocycles. The Labute approximate surface area is 155 Å². The Morgan fingerprint density at radius 3 is 2.33 bits per heavy atom. The molecule has 0 radical (unpaired) electrons. The molecule has 12 heteroatoms. The van der Waals surface area contributed by atoms with Crippen LogP contribution in [0, 0.1) is 0 Å². The van der Waals surface area contributed by atoms with Crippen LogP contribution in [-0.4, -0.2) is 118 Å². The second kappa shape index (κ2) is 10.9. The minimum absolute atomic E-state index is 0.219. The number of hydrogen-bond donors (Lipinski definition) is 7. The van der Waals surface area contributed by atoms with Crippen molar-refractivity contribution in [1.29, 1.82) is 0 Å². The number of amides is 1. The van der Waals surface area contributed by atoms with Gasteiger partial charge in [0.15, 0.2) is 6.29 Å². The van der Waals surface area contributed by atoms with E-state index in [1.54, 1.807) is 0 Å². The first-order chi connectivity index (χ1) is 12.7. The molecule has 1 fully saturated rings. The third-order valence-corrected chi connectivity index (χ3v) is 4.18. The van der Waals surface area contributed by atoms with Gasteiger partial charge in [0.25, 0.3) is 0 Å². The van der Waals surface area contributed by atoms with Gasteiger partial charge in [0.1, 0.15) is 55.1 Å². The fourth-order valence-corrected chi connectivity index (χ4v) is 2.71. The van der Waals surface area contributed by atoms with E-state index in [1.165, 1.54) is 7.11 Å². The topological polar surface area (TPSA) is 195 Å². The molecule has 0 bridgehead atoms. The Morgan fingerprint density at radius 2 is 1.89 bits per heavy atom. The van der Waals surface area contributed by atoms with Gasteiger partial charge in [0.05, 0.1) is 13.2 Å². The average molecular weight is 397 g/mol. The number of aliphatic hydroxyl groups excluding tert-OH is 6. The number of carbonyl (C=O) groups is 2. The largest absolute Gasteiger partial charge is 0.394 e. The van der Waals surface area contributed by atoms with Gasteiger partial charge in [-0.3, -0.25) is 4.79 Å². The van der Waals surface area contributed by atoms with Crippen LogP contribution in [-0.2, 0) is 23.8 Å². The van der Waals surface area contributed by atoms with E-state index in [9.17, 15) is 40.2 Å². The van der Waals surface area contributed by atoms with Crippen molar-refractivity contribution in [2.24, 2.45) is 0 Å². The van der Waals surface area contributed by atoms with Crippen molar-refractivity contribution < 1.29 is 54.4 Å². The zero-order valence-corrected chi connectivity index (χ0v) is 14.9. The Morgan fingerprint density at radius 1 is 1.26 bits per heavy atom. The van der Waals surface area contributed by atoms with E-state index >= 15 is 0 Å². The molecular weight excluding hydrogens is 370 g/mol. The number of ether oxygens (including phenoxy) is 3. The number of aliphatic hydroxyl groups is 6. The van der Waals surface area contributed by atoms with Crippen molar-refractivity contribution in [3.05, 3.63) is 0 Å². The summed E-state index contributed by atoms with van der Waals surface area (Å²) in [4.78, 5) is 22.3. The maximum Gasteiger partial charge on any atom is 0.217 e. The van der Waals surface area contributed by atoms with Gasteiger partial charge in [-0.25, -0.2) is 0 Å². The van der Waals surface area contributed by atoms with Crippen LogP contribution in [0.1, 0.15) is 6.92 Å². The second-order valence-corrected chi connectivity index (χ2v) is 6.11. The molecule has 0 aliphatic carbocycles. The van der Waals surface area contributed by atoms with Crippen LogP contribution in [0.2, 0.25) is 0 Å². The van der Waals surface area contributed by atoms with E-state index in [2.05, 4.69) is 5.32 Å². The van der Waals surface area contributed by atoms with E-state index in [1.807, 2.05) is 0 Å². The SMILES string of the molecule is CO[C@@H]1[C@H](O[C@@H]([C@H](O)[C@H](C=O)NC(C)=O)[C@H](O)CO)O[C@H](CO)[C@H](O)[C@@H]1O. The highest BCUT2D eigenvalue weighted by Crippen LogP contribution is 2.26. The Balaban J connectivity index is 3.06. The lowest BCUT2D eigenvalue weighted by Gasteiger charge is -2.43. The molecule has 1 saturated heterocycles. The van der Waals surface area contributed by atoms with Crippen molar-refractivity contribution in [3.63, 3.8) is 0 Å². The van der Waals surface area contributed by atoms with Gasteiger partial charge in [-0.15, -0.1) is 0 Å². The zero-order chi connectivity index (χ0) is 20.7. The van der Waals surface area contributed by atoms with Crippen molar-refractivity contribution in [3.8, 4) is 0 Å². The maximum absolute atomic E-state index is 11.2. The number of nitrogens with one attached hydrogen (secondary N) is 1. The normalized spacial score (nSPS) is 33.0. The van der Waals surface area contributed by atoms with E-state index in [4.69, 9.17) is 14.2 Å². The third kappa shape index (κ3) is 5.88. The summed E-state index contributed by atoms with van der Waals surface area (Å²) >= 11 is 0. The number of hydrogen-bond acceptors (Lipinski definition) is 11. The van der Waals surface area contributed by atoms with Crippen LogP contribution in [0.25, 0.3) is 0 Å². The summed E-state index contributed by atoms with van der Waals surface area (Å²) in [6.45, 7) is -0.435. The highest BCUT2D eigenvalue weighted by molar-refractivity contribution is 5.77. The molecule has 0 saturated carbocycles. The predicted octanol–water partition coefficient (Wildman–Crippen LogP) is -4.76. The van der Waals surface area contributed by atoms with E-state index in [-0.39, 0.29) is 6.29 Å². The monoisotopic (exact) mass is 397 g/mol. The third-order valence-electron chi connectivity index (χ3n) is 4.18. The van der Waals surface area contributed by atoms with Crippen LogP contribution >= 0.6 is 0 Å². The van der Waals surface area contributed by atoms with E-state index in [0.29, 0.717) is 0 Å². The fourth-order valence-electron chi connectivity index (χ4n) is 2.71. The van der Waals surface area contributed by atoms with Crippen LogP contribution < -0.4 is 5.32 Å². The summed E-state index contributed by atoms with van der Waals surface area (Å²) in [7, 11) is 1.18. The van der Waals surface area contributed by atoms with Gasteiger partial charge in [-0.2, -0.15) is 0 Å². The quantitative estimate of drug-likeness (QED) is 0.175. The molecule has 0 spiro atoms. The maximum atomic E-state index is 11.2. The van der Waals surface area contributed by atoms with Crippen molar-refractivity contribution in [2.45, 2.75) is 62.0 Å². The number of rotatable bonds is 10. The minimum atomic E-state index is -1.80. The van der Waals surface area contributed by atoms with E-state index in [0.717, 1.165) is 6.92 Å². The first-order valence-electron chi connectivity index (χ1n) is 8.21. The van der Waals surface area contributed by atoms with Crippen LogP contribution in [0.4, 0.5) is 0 Å². The van der Waals surface area contributed by atoms with Gasteiger partial charge in [0, 0.05) is 14.0 Å². The summed E-state index contributed by atoms with van der Waals surface area (Å²) in [5.74, 6) is -0.633.